The zero-order valence-electron chi connectivity index (χ0n) is 12.0. The fraction of sp³-hybridized carbons (Fsp3) is 0.562. The van der Waals surface area contributed by atoms with E-state index in [9.17, 15) is 9.18 Å². The number of carbonyl (C=O) groups excluding carboxylic acids is 1. The molecule has 0 spiro atoms. The molecule has 1 aromatic carbocycles. The molecule has 21 heavy (non-hydrogen) atoms. The summed E-state index contributed by atoms with van der Waals surface area (Å²) in [7, 11) is 0. The second-order valence-electron chi connectivity index (χ2n) is 5.93. The van der Waals surface area contributed by atoms with Gasteiger partial charge < -0.3 is 4.90 Å². The SMILES string of the molecule is O=C(C1CC1)N1CCCN(Cc2c(F)cccc2Cl)CC1. The van der Waals surface area contributed by atoms with Crippen molar-refractivity contribution in [2.75, 3.05) is 26.2 Å². The zero-order chi connectivity index (χ0) is 14.8. The Bertz CT molecular complexity index is 513. The van der Waals surface area contributed by atoms with Gasteiger partial charge >= 0.3 is 0 Å². The molecule has 3 rings (SSSR count). The first-order valence-corrected chi connectivity index (χ1v) is 7.97. The molecule has 1 aliphatic heterocycles. The Morgan fingerprint density at radius 1 is 1.24 bits per heavy atom. The lowest BCUT2D eigenvalue weighted by Crippen LogP contribution is -2.36. The summed E-state index contributed by atoms with van der Waals surface area (Å²) in [4.78, 5) is 16.3. The van der Waals surface area contributed by atoms with E-state index in [1.54, 1.807) is 12.1 Å². The van der Waals surface area contributed by atoms with E-state index in [2.05, 4.69) is 4.90 Å². The largest absolute Gasteiger partial charge is 0.341 e. The van der Waals surface area contributed by atoms with Gasteiger partial charge in [0.1, 0.15) is 5.82 Å². The van der Waals surface area contributed by atoms with Crippen molar-refractivity contribution in [2.45, 2.75) is 25.8 Å². The van der Waals surface area contributed by atoms with Gasteiger partial charge in [-0.2, -0.15) is 0 Å². The smallest absolute Gasteiger partial charge is 0.225 e. The Kier molecular flexibility index (Phi) is 4.45. The number of carbonyl (C=O) groups is 1. The lowest BCUT2D eigenvalue weighted by Gasteiger charge is -2.22. The molecule has 0 N–H and O–H groups in total. The molecule has 1 saturated carbocycles. The van der Waals surface area contributed by atoms with Crippen LogP contribution < -0.4 is 0 Å². The first kappa shape index (κ1) is 14.8. The molecular weight excluding hydrogens is 291 g/mol. The minimum atomic E-state index is -0.252. The average molecular weight is 311 g/mol. The molecule has 2 fully saturated rings. The molecule has 0 radical (unpaired) electrons. The third kappa shape index (κ3) is 3.55. The summed E-state index contributed by atoms with van der Waals surface area (Å²) < 4.78 is 13.9. The van der Waals surface area contributed by atoms with E-state index in [1.807, 2.05) is 4.90 Å². The monoisotopic (exact) mass is 310 g/mol. The molecule has 0 unspecified atom stereocenters. The Morgan fingerprint density at radius 2 is 2.05 bits per heavy atom. The van der Waals surface area contributed by atoms with Gasteiger partial charge in [0.2, 0.25) is 5.91 Å². The second-order valence-corrected chi connectivity index (χ2v) is 6.34. The quantitative estimate of drug-likeness (QED) is 0.857. The topological polar surface area (TPSA) is 23.6 Å². The van der Waals surface area contributed by atoms with Gasteiger partial charge in [-0.15, -0.1) is 0 Å². The third-order valence-electron chi connectivity index (χ3n) is 4.27. The maximum absolute atomic E-state index is 13.9. The molecule has 5 heteroatoms. The van der Waals surface area contributed by atoms with Gasteiger partial charge in [-0.25, -0.2) is 4.39 Å². The first-order chi connectivity index (χ1) is 10.1. The lowest BCUT2D eigenvalue weighted by molar-refractivity contribution is -0.132. The van der Waals surface area contributed by atoms with E-state index in [0.29, 0.717) is 23.0 Å². The third-order valence-corrected chi connectivity index (χ3v) is 4.62. The number of rotatable bonds is 3. The van der Waals surface area contributed by atoms with Crippen LogP contribution in [0.5, 0.6) is 0 Å². The standard InChI is InChI=1S/C16H20ClFN2O/c17-14-3-1-4-15(18)13(14)11-19-7-2-8-20(10-9-19)16(21)12-5-6-12/h1,3-4,12H,2,5-11H2. The molecule has 114 valence electrons. The maximum Gasteiger partial charge on any atom is 0.225 e. The van der Waals surface area contributed by atoms with E-state index in [1.165, 1.54) is 6.07 Å². The Morgan fingerprint density at radius 3 is 2.76 bits per heavy atom. The molecule has 1 aromatic rings. The van der Waals surface area contributed by atoms with Crippen molar-refractivity contribution >= 4 is 17.5 Å². The molecular formula is C16H20ClFN2O. The minimum absolute atomic E-state index is 0.252. The predicted molar refractivity (Wildman–Crippen MR) is 80.6 cm³/mol. The number of hydrogen-bond donors (Lipinski definition) is 0. The molecule has 1 heterocycles. The van der Waals surface area contributed by atoms with Gasteiger partial charge in [-0.05, 0) is 31.4 Å². The van der Waals surface area contributed by atoms with Crippen LogP contribution >= 0.6 is 11.6 Å². The molecule has 1 amide bonds. The molecule has 0 aromatic heterocycles. The van der Waals surface area contributed by atoms with Crippen LogP contribution in [0.2, 0.25) is 5.02 Å². The van der Waals surface area contributed by atoms with Crippen LogP contribution in [0.15, 0.2) is 18.2 Å². The zero-order valence-corrected chi connectivity index (χ0v) is 12.8. The van der Waals surface area contributed by atoms with Crippen molar-refractivity contribution < 1.29 is 9.18 Å². The Labute approximate surface area is 129 Å². The fourth-order valence-electron chi connectivity index (χ4n) is 2.84. The predicted octanol–water partition coefficient (Wildman–Crippen LogP) is 2.92. The van der Waals surface area contributed by atoms with Crippen molar-refractivity contribution in [3.63, 3.8) is 0 Å². The van der Waals surface area contributed by atoms with Crippen LogP contribution in [0.25, 0.3) is 0 Å². The van der Waals surface area contributed by atoms with Crippen molar-refractivity contribution in [2.24, 2.45) is 5.92 Å². The van der Waals surface area contributed by atoms with E-state index in [0.717, 1.165) is 45.4 Å². The van der Waals surface area contributed by atoms with Crippen molar-refractivity contribution in [1.82, 2.24) is 9.80 Å². The maximum atomic E-state index is 13.9. The summed E-state index contributed by atoms with van der Waals surface area (Å²) in [5.41, 5.74) is 0.557. The number of nitrogens with zero attached hydrogens (tertiary/aromatic N) is 2. The van der Waals surface area contributed by atoms with Gasteiger partial charge in [-0.3, -0.25) is 9.69 Å². The molecule has 1 saturated heterocycles. The summed E-state index contributed by atoms with van der Waals surface area (Å²) in [6.07, 6.45) is 3.03. The van der Waals surface area contributed by atoms with Crippen molar-refractivity contribution in [1.29, 1.82) is 0 Å². The van der Waals surface area contributed by atoms with Crippen molar-refractivity contribution in [3.05, 3.63) is 34.6 Å². The van der Waals surface area contributed by atoms with Crippen LogP contribution in [-0.2, 0) is 11.3 Å². The fourth-order valence-corrected chi connectivity index (χ4v) is 3.07. The van der Waals surface area contributed by atoms with Gasteiger partial charge in [0.05, 0.1) is 0 Å². The van der Waals surface area contributed by atoms with Gasteiger partial charge in [0, 0.05) is 49.2 Å². The van der Waals surface area contributed by atoms with Crippen LogP contribution in [-0.4, -0.2) is 41.9 Å². The normalized spacial score (nSPS) is 20.4. The highest BCUT2D eigenvalue weighted by atomic mass is 35.5. The van der Waals surface area contributed by atoms with Gasteiger partial charge in [0.15, 0.2) is 0 Å². The Balaban J connectivity index is 1.61. The van der Waals surface area contributed by atoms with Crippen LogP contribution in [0.3, 0.4) is 0 Å². The molecule has 3 nitrogen and oxygen atoms in total. The van der Waals surface area contributed by atoms with Crippen LogP contribution in [0.1, 0.15) is 24.8 Å². The highest BCUT2D eigenvalue weighted by Gasteiger charge is 2.33. The minimum Gasteiger partial charge on any atom is -0.341 e. The number of hydrogen-bond acceptors (Lipinski definition) is 2. The first-order valence-electron chi connectivity index (χ1n) is 7.59. The highest BCUT2D eigenvalue weighted by molar-refractivity contribution is 6.31. The highest BCUT2D eigenvalue weighted by Crippen LogP contribution is 2.31. The summed E-state index contributed by atoms with van der Waals surface area (Å²) in [5, 5.41) is 0.477. The lowest BCUT2D eigenvalue weighted by atomic mass is 10.2. The Hall–Kier alpha value is -1.13. The summed E-state index contributed by atoms with van der Waals surface area (Å²) in [6, 6.07) is 4.79. The summed E-state index contributed by atoms with van der Waals surface area (Å²) >= 11 is 6.09. The van der Waals surface area contributed by atoms with E-state index >= 15 is 0 Å². The summed E-state index contributed by atoms with van der Waals surface area (Å²) in [5.74, 6) is 0.330. The molecule has 0 bridgehead atoms. The van der Waals surface area contributed by atoms with Crippen LogP contribution in [0, 0.1) is 11.7 Å². The van der Waals surface area contributed by atoms with Gasteiger partial charge in [-0.1, -0.05) is 17.7 Å². The second kappa shape index (κ2) is 6.32. The number of benzene rings is 1. The number of amides is 1. The molecule has 2 aliphatic rings. The number of halogens is 2. The van der Waals surface area contributed by atoms with Crippen molar-refractivity contribution in [3.8, 4) is 0 Å². The van der Waals surface area contributed by atoms with Crippen LogP contribution in [0.4, 0.5) is 4.39 Å². The van der Waals surface area contributed by atoms with E-state index in [-0.39, 0.29) is 11.7 Å². The summed E-state index contributed by atoms with van der Waals surface area (Å²) in [6.45, 7) is 3.72. The average Bonchev–Trinajstić information content (AvgIpc) is 3.29. The van der Waals surface area contributed by atoms with E-state index < -0.39 is 0 Å². The van der Waals surface area contributed by atoms with Gasteiger partial charge in [0.25, 0.3) is 0 Å². The molecule has 1 aliphatic carbocycles. The van der Waals surface area contributed by atoms with E-state index in [4.69, 9.17) is 11.6 Å². The molecule has 0 atom stereocenters.